The summed E-state index contributed by atoms with van der Waals surface area (Å²) in [7, 11) is 0. The molecule has 7 heteroatoms. The Morgan fingerprint density at radius 3 is 2.19 bits per heavy atom. The summed E-state index contributed by atoms with van der Waals surface area (Å²) in [6.45, 7) is 4.38. The number of anilines is 1. The third-order valence-electron chi connectivity index (χ3n) is 5.65. The Balaban J connectivity index is 1.50. The van der Waals surface area contributed by atoms with E-state index in [0.717, 1.165) is 34.0 Å². The highest BCUT2D eigenvalue weighted by molar-refractivity contribution is 6.30. The molecule has 0 atom stereocenters. The van der Waals surface area contributed by atoms with Crippen LogP contribution >= 0.6 is 23.2 Å². The van der Waals surface area contributed by atoms with Gasteiger partial charge in [0.15, 0.2) is 0 Å². The van der Waals surface area contributed by atoms with Gasteiger partial charge in [-0.3, -0.25) is 4.79 Å². The number of benzene rings is 3. The molecule has 1 aromatic heterocycles. The predicted molar refractivity (Wildman–Crippen MR) is 145 cm³/mol. The SMILES string of the molecule is Cc1cc(/C=C(/C#N)C(=O)Nc2ccc(Cl)cc2)c(C)n1-c1ccc(OCc2ccc(Cl)cc2)cc1. The van der Waals surface area contributed by atoms with Crippen molar-refractivity contribution in [1.29, 1.82) is 5.26 Å². The molecule has 5 nitrogen and oxygen atoms in total. The van der Waals surface area contributed by atoms with Crippen LogP contribution in [0.25, 0.3) is 11.8 Å². The predicted octanol–water partition coefficient (Wildman–Crippen LogP) is 7.53. The molecule has 180 valence electrons. The summed E-state index contributed by atoms with van der Waals surface area (Å²) in [5, 5.41) is 13.6. The molecule has 1 amide bonds. The number of nitrogens with one attached hydrogen (secondary N) is 1. The van der Waals surface area contributed by atoms with Crippen molar-refractivity contribution in [3.8, 4) is 17.5 Å². The minimum Gasteiger partial charge on any atom is -0.489 e. The standard InChI is InChI=1S/C29H23Cl2N3O2/c1-19-15-22(16-23(17-32)29(35)33-26-9-7-25(31)8-10-26)20(2)34(19)27-11-13-28(14-12-27)36-18-21-3-5-24(30)6-4-21/h3-16H,18H2,1-2H3,(H,33,35)/b23-16-. The van der Waals surface area contributed by atoms with Gasteiger partial charge in [-0.1, -0.05) is 35.3 Å². The van der Waals surface area contributed by atoms with Gasteiger partial charge >= 0.3 is 0 Å². The van der Waals surface area contributed by atoms with Crippen molar-refractivity contribution in [2.24, 2.45) is 0 Å². The van der Waals surface area contributed by atoms with Crippen molar-refractivity contribution in [3.63, 3.8) is 0 Å². The second kappa shape index (κ2) is 11.2. The monoisotopic (exact) mass is 515 g/mol. The van der Waals surface area contributed by atoms with Gasteiger partial charge in [0, 0.05) is 32.8 Å². The number of halogens is 2. The van der Waals surface area contributed by atoms with Crippen molar-refractivity contribution in [3.05, 3.63) is 117 Å². The summed E-state index contributed by atoms with van der Waals surface area (Å²) in [5.41, 5.74) is 5.24. The lowest BCUT2D eigenvalue weighted by atomic mass is 10.1. The molecule has 0 saturated carbocycles. The van der Waals surface area contributed by atoms with E-state index in [1.165, 1.54) is 0 Å². The Morgan fingerprint density at radius 2 is 1.58 bits per heavy atom. The van der Waals surface area contributed by atoms with E-state index in [-0.39, 0.29) is 5.57 Å². The van der Waals surface area contributed by atoms with E-state index < -0.39 is 5.91 Å². The van der Waals surface area contributed by atoms with Gasteiger partial charge < -0.3 is 14.6 Å². The maximum Gasteiger partial charge on any atom is 0.266 e. The van der Waals surface area contributed by atoms with Crippen LogP contribution < -0.4 is 10.1 Å². The largest absolute Gasteiger partial charge is 0.489 e. The van der Waals surface area contributed by atoms with Crippen molar-refractivity contribution < 1.29 is 9.53 Å². The van der Waals surface area contributed by atoms with Gasteiger partial charge in [-0.2, -0.15) is 5.26 Å². The minimum atomic E-state index is -0.480. The molecule has 0 spiro atoms. The fourth-order valence-corrected chi connectivity index (χ4v) is 4.06. The Bertz CT molecular complexity index is 1450. The molecule has 0 saturated heterocycles. The number of nitrogens with zero attached hydrogens (tertiary/aromatic N) is 2. The van der Waals surface area contributed by atoms with Gasteiger partial charge in [0.25, 0.3) is 5.91 Å². The number of aryl methyl sites for hydroxylation is 1. The van der Waals surface area contributed by atoms with Crippen LogP contribution in [0.5, 0.6) is 5.75 Å². The number of rotatable bonds is 7. The maximum atomic E-state index is 12.7. The third kappa shape index (κ3) is 5.98. The van der Waals surface area contributed by atoms with E-state index in [2.05, 4.69) is 9.88 Å². The Labute approximate surface area is 220 Å². The zero-order valence-corrected chi connectivity index (χ0v) is 21.3. The molecule has 0 aliphatic carbocycles. The number of hydrogen-bond acceptors (Lipinski definition) is 3. The van der Waals surface area contributed by atoms with Crippen molar-refractivity contribution in [2.45, 2.75) is 20.5 Å². The van der Waals surface area contributed by atoms with Crippen LogP contribution in [0.4, 0.5) is 5.69 Å². The molecule has 36 heavy (non-hydrogen) atoms. The average molecular weight is 516 g/mol. The molecule has 4 aromatic rings. The zero-order valence-electron chi connectivity index (χ0n) is 19.8. The average Bonchev–Trinajstić information content (AvgIpc) is 3.16. The molecule has 0 fully saturated rings. The number of nitriles is 1. The Morgan fingerprint density at radius 1 is 0.972 bits per heavy atom. The zero-order chi connectivity index (χ0) is 25.7. The Hall–Kier alpha value is -3.98. The molecule has 4 rings (SSSR count). The second-order valence-electron chi connectivity index (χ2n) is 8.20. The summed E-state index contributed by atoms with van der Waals surface area (Å²) in [4.78, 5) is 12.7. The van der Waals surface area contributed by atoms with Gasteiger partial charge in [-0.05, 0) is 97.8 Å². The van der Waals surface area contributed by atoms with E-state index in [9.17, 15) is 10.1 Å². The molecule has 0 unspecified atom stereocenters. The quantitative estimate of drug-likeness (QED) is 0.204. The Kier molecular flexibility index (Phi) is 7.80. The number of hydrogen-bond donors (Lipinski definition) is 1. The first kappa shape index (κ1) is 25.1. The van der Waals surface area contributed by atoms with Crippen LogP contribution in [0.1, 0.15) is 22.5 Å². The number of ether oxygens (including phenoxy) is 1. The normalized spacial score (nSPS) is 11.1. The summed E-state index contributed by atoms with van der Waals surface area (Å²) in [6, 6.07) is 26.0. The fourth-order valence-electron chi connectivity index (χ4n) is 3.81. The summed E-state index contributed by atoms with van der Waals surface area (Å²) in [5.74, 6) is 0.272. The van der Waals surface area contributed by atoms with Crippen molar-refractivity contribution in [2.75, 3.05) is 5.32 Å². The van der Waals surface area contributed by atoms with Crippen LogP contribution in [0, 0.1) is 25.2 Å². The van der Waals surface area contributed by atoms with Gasteiger partial charge in [-0.15, -0.1) is 0 Å². The summed E-state index contributed by atoms with van der Waals surface area (Å²) >= 11 is 11.8. The third-order valence-corrected chi connectivity index (χ3v) is 6.15. The van der Waals surface area contributed by atoms with Gasteiger partial charge in [0.1, 0.15) is 24.0 Å². The lowest BCUT2D eigenvalue weighted by molar-refractivity contribution is -0.112. The number of carbonyl (C=O) groups is 1. The molecule has 0 aliphatic heterocycles. The molecule has 1 heterocycles. The molecule has 0 bridgehead atoms. The van der Waals surface area contributed by atoms with E-state index in [1.807, 2.05) is 74.5 Å². The lowest BCUT2D eigenvalue weighted by Crippen LogP contribution is -2.13. The number of amides is 1. The van der Waals surface area contributed by atoms with E-state index in [1.54, 1.807) is 30.3 Å². The first-order chi connectivity index (χ1) is 17.3. The van der Waals surface area contributed by atoms with E-state index >= 15 is 0 Å². The van der Waals surface area contributed by atoms with Crippen LogP contribution in [0.3, 0.4) is 0 Å². The van der Waals surface area contributed by atoms with E-state index in [4.69, 9.17) is 27.9 Å². The molecule has 3 aromatic carbocycles. The highest BCUT2D eigenvalue weighted by Crippen LogP contribution is 2.25. The fraction of sp³-hybridized carbons (Fsp3) is 0.103. The van der Waals surface area contributed by atoms with Gasteiger partial charge in [0.2, 0.25) is 0 Å². The topological polar surface area (TPSA) is 67.0 Å². The first-order valence-corrected chi connectivity index (χ1v) is 11.9. The number of carbonyl (C=O) groups excluding carboxylic acids is 1. The van der Waals surface area contributed by atoms with Crippen LogP contribution in [-0.4, -0.2) is 10.5 Å². The van der Waals surface area contributed by atoms with Crippen LogP contribution in [0.15, 0.2) is 84.4 Å². The lowest BCUT2D eigenvalue weighted by Gasteiger charge is -2.12. The van der Waals surface area contributed by atoms with E-state index in [0.29, 0.717) is 22.3 Å². The summed E-state index contributed by atoms with van der Waals surface area (Å²) in [6.07, 6.45) is 1.60. The van der Waals surface area contributed by atoms with Crippen molar-refractivity contribution in [1.82, 2.24) is 4.57 Å². The second-order valence-corrected chi connectivity index (χ2v) is 9.07. The molecular weight excluding hydrogens is 493 g/mol. The molecular formula is C29H23Cl2N3O2. The van der Waals surface area contributed by atoms with Gasteiger partial charge in [-0.25, -0.2) is 0 Å². The van der Waals surface area contributed by atoms with Crippen LogP contribution in [-0.2, 0) is 11.4 Å². The smallest absolute Gasteiger partial charge is 0.266 e. The highest BCUT2D eigenvalue weighted by Gasteiger charge is 2.14. The molecule has 0 radical (unpaired) electrons. The highest BCUT2D eigenvalue weighted by atomic mass is 35.5. The molecule has 1 N–H and O–H groups in total. The first-order valence-electron chi connectivity index (χ1n) is 11.2. The van der Waals surface area contributed by atoms with Crippen molar-refractivity contribution >= 4 is 40.9 Å². The number of aromatic nitrogens is 1. The minimum absolute atomic E-state index is 0.0103. The summed E-state index contributed by atoms with van der Waals surface area (Å²) < 4.78 is 7.96. The van der Waals surface area contributed by atoms with Gasteiger partial charge in [0.05, 0.1) is 0 Å². The van der Waals surface area contributed by atoms with Crippen LogP contribution in [0.2, 0.25) is 10.0 Å². The maximum absolute atomic E-state index is 12.7. The molecule has 0 aliphatic rings.